The predicted octanol–water partition coefficient (Wildman–Crippen LogP) is 1.82. The number of hydrogen-bond acceptors (Lipinski definition) is 9. The molecule has 2 aromatic heterocycles. The van der Waals surface area contributed by atoms with Gasteiger partial charge in [0.2, 0.25) is 12.8 Å². The quantitative estimate of drug-likeness (QED) is 0.180. The van der Waals surface area contributed by atoms with E-state index >= 15 is 0 Å². The van der Waals surface area contributed by atoms with Gasteiger partial charge in [0.25, 0.3) is 0 Å². The van der Waals surface area contributed by atoms with Crippen molar-refractivity contribution in [1.82, 2.24) is 20.2 Å². The molecule has 0 saturated carbocycles. The Morgan fingerprint density at radius 1 is 1.03 bits per heavy atom. The first kappa shape index (κ1) is 28.2. The second-order valence-corrected chi connectivity index (χ2v) is 8.23. The first-order valence-electron chi connectivity index (χ1n) is 12.0. The lowest BCUT2D eigenvalue weighted by atomic mass is 10.0. The normalized spacial score (nSPS) is 10.4. The van der Waals surface area contributed by atoms with Crippen molar-refractivity contribution in [3.05, 3.63) is 40.7 Å². The molecule has 0 atom stereocenters. The molecule has 0 unspecified atom stereocenters. The number of carbonyl (C=O) groups is 3. The SMILES string of the molecule is CCCNc1cc(NCCCc2cc(CCN(C)CCNC=O)c(C=O)nc2NC=O)ncc1C#N. The van der Waals surface area contributed by atoms with Gasteiger partial charge in [0.1, 0.15) is 23.4 Å². The highest BCUT2D eigenvalue weighted by Crippen LogP contribution is 2.21. The Hall–Kier alpha value is -4.04. The molecular formula is C25H34N8O3. The lowest BCUT2D eigenvalue weighted by molar-refractivity contribution is -0.109. The van der Waals surface area contributed by atoms with E-state index in [9.17, 15) is 19.6 Å². The van der Waals surface area contributed by atoms with E-state index in [1.54, 1.807) is 6.20 Å². The molecule has 4 N–H and O–H groups in total. The van der Waals surface area contributed by atoms with E-state index in [1.807, 2.05) is 19.2 Å². The zero-order valence-corrected chi connectivity index (χ0v) is 20.8. The summed E-state index contributed by atoms with van der Waals surface area (Å²) in [6.45, 7) is 5.35. The van der Waals surface area contributed by atoms with Crippen molar-refractivity contribution >= 4 is 36.4 Å². The van der Waals surface area contributed by atoms with Crippen LogP contribution in [0.5, 0.6) is 0 Å². The van der Waals surface area contributed by atoms with Crippen molar-refractivity contribution in [3.63, 3.8) is 0 Å². The van der Waals surface area contributed by atoms with E-state index in [0.29, 0.717) is 81.0 Å². The smallest absolute Gasteiger partial charge is 0.212 e. The fourth-order valence-corrected chi connectivity index (χ4v) is 3.57. The molecule has 36 heavy (non-hydrogen) atoms. The number of aryl methyl sites for hydroxylation is 1. The first-order chi connectivity index (χ1) is 17.6. The minimum absolute atomic E-state index is 0.300. The van der Waals surface area contributed by atoms with Gasteiger partial charge >= 0.3 is 0 Å². The van der Waals surface area contributed by atoms with Gasteiger partial charge in [0.05, 0.1) is 11.3 Å². The van der Waals surface area contributed by atoms with Gasteiger partial charge in [-0.15, -0.1) is 0 Å². The zero-order chi connectivity index (χ0) is 26.2. The standard InChI is InChI=1S/C25H34N8O3/c1-3-7-28-22-13-24(30-15-21(22)14-26)29-8-4-5-20-12-19(6-10-33(2)11-9-27-17-35)23(16-34)32-25(20)31-18-36/h12-13,15-18H,3-11H2,1-2H3,(H,27,35)(H2,28,29,30)(H,31,32,36). The predicted molar refractivity (Wildman–Crippen MR) is 139 cm³/mol. The number of carbonyl (C=O) groups excluding carboxylic acids is 3. The number of rotatable bonds is 18. The minimum Gasteiger partial charge on any atom is -0.384 e. The number of aromatic nitrogens is 2. The Kier molecular flexibility index (Phi) is 12.4. The third kappa shape index (κ3) is 8.96. The van der Waals surface area contributed by atoms with Gasteiger partial charge in [-0.2, -0.15) is 5.26 Å². The van der Waals surface area contributed by atoms with Gasteiger partial charge in [-0.1, -0.05) is 6.92 Å². The van der Waals surface area contributed by atoms with Gasteiger partial charge in [0, 0.05) is 45.0 Å². The van der Waals surface area contributed by atoms with Gasteiger partial charge in [0.15, 0.2) is 6.29 Å². The third-order valence-electron chi connectivity index (χ3n) is 5.52. The highest BCUT2D eigenvalue weighted by molar-refractivity contribution is 5.78. The highest BCUT2D eigenvalue weighted by Gasteiger charge is 2.13. The summed E-state index contributed by atoms with van der Waals surface area (Å²) in [4.78, 5) is 43.9. The summed E-state index contributed by atoms with van der Waals surface area (Å²) in [5, 5.41) is 21.0. The molecule has 0 aliphatic carbocycles. The minimum atomic E-state index is 0.300. The molecule has 0 fully saturated rings. The summed E-state index contributed by atoms with van der Waals surface area (Å²) in [5.41, 5.74) is 3.19. The molecule has 0 aromatic carbocycles. The fourth-order valence-electron chi connectivity index (χ4n) is 3.57. The van der Waals surface area contributed by atoms with Gasteiger partial charge < -0.3 is 26.2 Å². The average molecular weight is 495 g/mol. The van der Waals surface area contributed by atoms with Crippen LogP contribution in [0, 0.1) is 11.3 Å². The fraction of sp³-hybridized carbons (Fsp3) is 0.440. The van der Waals surface area contributed by atoms with Crippen molar-refractivity contribution in [1.29, 1.82) is 5.26 Å². The number of aldehydes is 1. The Bertz CT molecular complexity index is 1050. The van der Waals surface area contributed by atoms with Crippen molar-refractivity contribution in [2.75, 3.05) is 55.7 Å². The summed E-state index contributed by atoms with van der Waals surface area (Å²) in [5.74, 6) is 1.04. The van der Waals surface area contributed by atoms with Gasteiger partial charge in [-0.25, -0.2) is 9.97 Å². The summed E-state index contributed by atoms with van der Waals surface area (Å²) in [6, 6.07) is 5.89. The van der Waals surface area contributed by atoms with E-state index in [-0.39, 0.29) is 0 Å². The number of nitrogens with one attached hydrogen (secondary N) is 4. The number of amides is 2. The van der Waals surface area contributed by atoms with Crippen LogP contribution in [0.1, 0.15) is 46.9 Å². The molecule has 192 valence electrons. The molecule has 0 bridgehead atoms. The number of pyridine rings is 2. The van der Waals surface area contributed by atoms with E-state index in [1.165, 1.54) is 0 Å². The number of hydrogen-bond donors (Lipinski definition) is 4. The van der Waals surface area contributed by atoms with E-state index < -0.39 is 0 Å². The van der Waals surface area contributed by atoms with Crippen LogP contribution >= 0.6 is 0 Å². The lowest BCUT2D eigenvalue weighted by Gasteiger charge is -2.18. The summed E-state index contributed by atoms with van der Waals surface area (Å²) >= 11 is 0. The number of likely N-dealkylation sites (N-methyl/N-ethyl adjacent to an activating group) is 1. The van der Waals surface area contributed by atoms with Gasteiger partial charge in [-0.3, -0.25) is 14.4 Å². The van der Waals surface area contributed by atoms with Crippen LogP contribution in [-0.4, -0.2) is 73.7 Å². The molecule has 0 aliphatic heterocycles. The molecule has 0 aliphatic rings. The maximum Gasteiger partial charge on any atom is 0.212 e. The number of anilines is 3. The molecule has 0 radical (unpaired) electrons. The molecule has 2 aromatic rings. The monoisotopic (exact) mass is 494 g/mol. The van der Waals surface area contributed by atoms with Crippen molar-refractivity contribution in [2.24, 2.45) is 0 Å². The van der Waals surface area contributed by atoms with Crippen molar-refractivity contribution in [2.45, 2.75) is 32.6 Å². The van der Waals surface area contributed by atoms with Crippen LogP contribution in [0.2, 0.25) is 0 Å². The number of nitriles is 1. The van der Waals surface area contributed by atoms with Crippen molar-refractivity contribution < 1.29 is 14.4 Å². The summed E-state index contributed by atoms with van der Waals surface area (Å²) < 4.78 is 0. The van der Waals surface area contributed by atoms with Crippen molar-refractivity contribution in [3.8, 4) is 6.07 Å². The maximum atomic E-state index is 11.6. The maximum absolute atomic E-state index is 11.6. The Balaban J connectivity index is 2.03. The molecule has 0 saturated heterocycles. The van der Waals surface area contributed by atoms with Gasteiger partial charge in [-0.05, 0) is 49.9 Å². The Morgan fingerprint density at radius 2 is 1.86 bits per heavy atom. The zero-order valence-electron chi connectivity index (χ0n) is 20.8. The second-order valence-electron chi connectivity index (χ2n) is 8.23. The highest BCUT2D eigenvalue weighted by atomic mass is 16.1. The summed E-state index contributed by atoms with van der Waals surface area (Å²) in [6.07, 6.45) is 6.37. The van der Waals surface area contributed by atoms with E-state index in [4.69, 9.17) is 0 Å². The number of nitrogens with zero attached hydrogens (tertiary/aromatic N) is 4. The molecule has 11 nitrogen and oxygen atoms in total. The largest absolute Gasteiger partial charge is 0.384 e. The van der Waals surface area contributed by atoms with Crippen LogP contribution in [0.25, 0.3) is 0 Å². The molecule has 0 spiro atoms. The van der Waals surface area contributed by atoms with Crippen LogP contribution in [0.3, 0.4) is 0 Å². The topological polar surface area (TPSA) is 152 Å². The van der Waals surface area contributed by atoms with Crippen LogP contribution in [-0.2, 0) is 22.4 Å². The van der Waals surface area contributed by atoms with E-state index in [0.717, 1.165) is 36.2 Å². The molecular weight excluding hydrogens is 460 g/mol. The first-order valence-corrected chi connectivity index (χ1v) is 12.0. The molecule has 2 rings (SSSR count). The Labute approximate surface area is 211 Å². The van der Waals surface area contributed by atoms with Crippen LogP contribution < -0.4 is 21.3 Å². The summed E-state index contributed by atoms with van der Waals surface area (Å²) in [7, 11) is 1.94. The molecule has 11 heteroatoms. The molecule has 2 amide bonds. The second kappa shape index (κ2) is 15.8. The van der Waals surface area contributed by atoms with E-state index in [2.05, 4.69) is 49.1 Å². The van der Waals surface area contributed by atoms with Crippen LogP contribution in [0.15, 0.2) is 18.3 Å². The Morgan fingerprint density at radius 3 is 2.56 bits per heavy atom. The van der Waals surface area contributed by atoms with Crippen LogP contribution in [0.4, 0.5) is 17.3 Å². The lowest BCUT2D eigenvalue weighted by Crippen LogP contribution is -2.30. The molecule has 2 heterocycles. The average Bonchev–Trinajstić information content (AvgIpc) is 2.89. The third-order valence-corrected chi connectivity index (χ3v) is 5.52.